The number of carbonyl (C=O) groups is 2. The van der Waals surface area contributed by atoms with Crippen molar-refractivity contribution in [2.24, 2.45) is 5.73 Å². The number of aryl methyl sites for hydroxylation is 1. The molecule has 1 saturated heterocycles. The average molecular weight is 306 g/mol. The molecule has 1 aromatic heterocycles. The van der Waals surface area contributed by atoms with Crippen LogP contribution in [0.4, 0.5) is 0 Å². The average Bonchev–Trinajstić information content (AvgIpc) is 3.00. The Morgan fingerprint density at radius 2 is 2.23 bits per heavy atom. The summed E-state index contributed by atoms with van der Waals surface area (Å²) in [5, 5.41) is 7.45. The first kappa shape index (κ1) is 15.0. The van der Waals surface area contributed by atoms with Gasteiger partial charge in [0.15, 0.2) is 0 Å². The van der Waals surface area contributed by atoms with E-state index >= 15 is 0 Å². The van der Waals surface area contributed by atoms with Crippen molar-refractivity contribution in [1.29, 1.82) is 0 Å². The summed E-state index contributed by atoms with van der Waals surface area (Å²) in [7, 11) is 0. The normalized spacial score (nSPS) is 24.8. The Kier molecular flexibility index (Phi) is 4.37. The summed E-state index contributed by atoms with van der Waals surface area (Å²) in [6, 6.07) is -0.244. The number of hydrogen-bond donors (Lipinski definition) is 2. The van der Waals surface area contributed by atoms with E-state index in [9.17, 15) is 9.59 Å². The van der Waals surface area contributed by atoms with Gasteiger partial charge in [-0.3, -0.25) is 9.59 Å². The number of piperidine rings is 1. The highest BCUT2D eigenvalue weighted by molar-refractivity contribution is 5.87. The largest absolute Gasteiger partial charge is 0.368 e. The van der Waals surface area contributed by atoms with Gasteiger partial charge in [0.1, 0.15) is 18.2 Å². The van der Waals surface area contributed by atoms with Gasteiger partial charge in [0.05, 0.1) is 13.1 Å². The molecule has 3 heterocycles. The molecule has 2 amide bonds. The number of rotatable bonds is 4. The van der Waals surface area contributed by atoms with E-state index in [1.165, 1.54) is 0 Å². The molecule has 3 rings (SSSR count). The summed E-state index contributed by atoms with van der Waals surface area (Å²) in [5.41, 5.74) is 5.40. The predicted octanol–water partition coefficient (Wildman–Crippen LogP) is -0.951. The van der Waals surface area contributed by atoms with Gasteiger partial charge >= 0.3 is 0 Å². The highest BCUT2D eigenvalue weighted by Crippen LogP contribution is 2.17. The number of hydrogen-bond acceptors (Lipinski definition) is 5. The van der Waals surface area contributed by atoms with Crippen LogP contribution in [0, 0.1) is 0 Å². The van der Waals surface area contributed by atoms with Crippen LogP contribution >= 0.6 is 0 Å². The number of primary amides is 1. The lowest BCUT2D eigenvalue weighted by Crippen LogP contribution is -2.53. The second-order valence-electron chi connectivity index (χ2n) is 5.98. The molecule has 2 aliphatic rings. The third-order valence-electron chi connectivity index (χ3n) is 4.50. The minimum atomic E-state index is -0.448. The smallest absolute Gasteiger partial charge is 0.240 e. The van der Waals surface area contributed by atoms with Crippen molar-refractivity contribution >= 4 is 11.8 Å². The Morgan fingerprint density at radius 3 is 3.05 bits per heavy atom. The van der Waals surface area contributed by atoms with Gasteiger partial charge in [-0.2, -0.15) is 5.10 Å². The molecule has 22 heavy (non-hydrogen) atoms. The van der Waals surface area contributed by atoms with Crippen molar-refractivity contribution in [3.05, 3.63) is 12.2 Å². The fraction of sp³-hybridized carbons (Fsp3) is 0.714. The lowest BCUT2D eigenvalue weighted by molar-refractivity contribution is -0.140. The predicted molar refractivity (Wildman–Crippen MR) is 78.7 cm³/mol. The van der Waals surface area contributed by atoms with Gasteiger partial charge in [-0.05, 0) is 25.7 Å². The Hall–Kier alpha value is -1.96. The zero-order valence-electron chi connectivity index (χ0n) is 12.6. The van der Waals surface area contributed by atoms with Crippen LogP contribution in [0.15, 0.2) is 6.33 Å². The maximum absolute atomic E-state index is 12.4. The van der Waals surface area contributed by atoms with Crippen molar-refractivity contribution in [3.8, 4) is 0 Å². The van der Waals surface area contributed by atoms with E-state index < -0.39 is 11.9 Å². The van der Waals surface area contributed by atoms with E-state index in [0.717, 1.165) is 38.1 Å². The molecule has 0 aliphatic carbocycles. The standard InChI is InChI=1S/C14H22N6O2/c15-14(22)11-3-1-2-6-19(11)13(21)7-16-10-4-5-12-17-9-18-20(12)8-10/h9-11,16H,1-8H2,(H2,15,22)/t10-,11-/m0/s1. The number of likely N-dealkylation sites (tertiary alicyclic amines) is 1. The van der Waals surface area contributed by atoms with Gasteiger partial charge in [-0.25, -0.2) is 9.67 Å². The molecule has 0 saturated carbocycles. The summed E-state index contributed by atoms with van der Waals surface area (Å²) in [6.45, 7) is 1.58. The molecule has 1 fully saturated rings. The van der Waals surface area contributed by atoms with Gasteiger partial charge in [0.2, 0.25) is 11.8 Å². The molecule has 8 heteroatoms. The summed E-state index contributed by atoms with van der Waals surface area (Å²) < 4.78 is 1.87. The van der Waals surface area contributed by atoms with E-state index in [0.29, 0.717) is 13.0 Å². The number of amides is 2. The van der Waals surface area contributed by atoms with E-state index in [2.05, 4.69) is 15.4 Å². The molecule has 0 spiro atoms. The van der Waals surface area contributed by atoms with E-state index in [1.807, 2.05) is 4.68 Å². The summed E-state index contributed by atoms with van der Waals surface area (Å²) in [5.74, 6) is 0.542. The minimum Gasteiger partial charge on any atom is -0.368 e. The van der Waals surface area contributed by atoms with Crippen LogP contribution in [0.5, 0.6) is 0 Å². The third kappa shape index (κ3) is 3.11. The van der Waals surface area contributed by atoms with Gasteiger partial charge in [-0.15, -0.1) is 0 Å². The second kappa shape index (κ2) is 6.43. The Balaban J connectivity index is 1.53. The van der Waals surface area contributed by atoms with Crippen molar-refractivity contribution in [3.63, 3.8) is 0 Å². The summed E-state index contributed by atoms with van der Waals surface area (Å²) in [4.78, 5) is 29.7. The van der Waals surface area contributed by atoms with Crippen LogP contribution in [0.3, 0.4) is 0 Å². The van der Waals surface area contributed by atoms with Gasteiger partial charge in [-0.1, -0.05) is 0 Å². The molecule has 0 aromatic carbocycles. The fourth-order valence-corrected chi connectivity index (χ4v) is 3.26. The third-order valence-corrected chi connectivity index (χ3v) is 4.50. The maximum atomic E-state index is 12.4. The van der Waals surface area contributed by atoms with Gasteiger partial charge in [0, 0.05) is 19.0 Å². The van der Waals surface area contributed by atoms with Crippen molar-refractivity contribution in [1.82, 2.24) is 25.0 Å². The summed E-state index contributed by atoms with van der Waals surface area (Å²) in [6.07, 6.45) is 5.91. The number of nitrogens with two attached hydrogens (primary N) is 1. The van der Waals surface area contributed by atoms with E-state index in [1.54, 1.807) is 11.2 Å². The van der Waals surface area contributed by atoms with Crippen LogP contribution in [0.1, 0.15) is 31.5 Å². The number of aromatic nitrogens is 3. The first-order chi connectivity index (χ1) is 10.6. The van der Waals surface area contributed by atoms with Crippen LogP contribution in [-0.2, 0) is 22.6 Å². The maximum Gasteiger partial charge on any atom is 0.240 e. The van der Waals surface area contributed by atoms with Crippen LogP contribution in [-0.4, -0.2) is 56.7 Å². The zero-order chi connectivity index (χ0) is 15.5. The first-order valence-corrected chi connectivity index (χ1v) is 7.84. The molecule has 2 atom stereocenters. The topological polar surface area (TPSA) is 106 Å². The molecule has 2 aliphatic heterocycles. The highest BCUT2D eigenvalue weighted by Gasteiger charge is 2.30. The monoisotopic (exact) mass is 306 g/mol. The van der Waals surface area contributed by atoms with Crippen molar-refractivity contribution in [2.75, 3.05) is 13.1 Å². The molecule has 0 radical (unpaired) electrons. The van der Waals surface area contributed by atoms with E-state index in [-0.39, 0.29) is 18.5 Å². The Morgan fingerprint density at radius 1 is 1.36 bits per heavy atom. The number of nitrogens with one attached hydrogen (secondary N) is 1. The van der Waals surface area contributed by atoms with Crippen molar-refractivity contribution < 1.29 is 9.59 Å². The highest BCUT2D eigenvalue weighted by atomic mass is 16.2. The second-order valence-corrected chi connectivity index (χ2v) is 5.98. The van der Waals surface area contributed by atoms with E-state index in [4.69, 9.17) is 5.73 Å². The number of nitrogens with zero attached hydrogens (tertiary/aromatic N) is 4. The Bertz CT molecular complexity index is 557. The molecular weight excluding hydrogens is 284 g/mol. The lowest BCUT2D eigenvalue weighted by Gasteiger charge is -2.34. The first-order valence-electron chi connectivity index (χ1n) is 7.84. The van der Waals surface area contributed by atoms with Gasteiger partial charge in [0.25, 0.3) is 0 Å². The molecule has 3 N–H and O–H groups in total. The molecule has 8 nitrogen and oxygen atoms in total. The van der Waals surface area contributed by atoms with Crippen LogP contribution in [0.2, 0.25) is 0 Å². The molecule has 120 valence electrons. The minimum absolute atomic E-state index is 0.0483. The van der Waals surface area contributed by atoms with Gasteiger partial charge < -0.3 is 16.0 Å². The lowest BCUT2D eigenvalue weighted by atomic mass is 10.0. The van der Waals surface area contributed by atoms with Crippen molar-refractivity contribution in [2.45, 2.75) is 50.7 Å². The summed E-state index contributed by atoms with van der Waals surface area (Å²) >= 11 is 0. The SMILES string of the molecule is NC(=O)[C@@H]1CCCCN1C(=O)CN[C@H]1CCc2ncnn2C1. The molecule has 1 aromatic rings. The Labute approximate surface area is 129 Å². The quantitative estimate of drug-likeness (QED) is 0.746. The molecule has 0 bridgehead atoms. The molecule has 0 unspecified atom stereocenters. The number of carbonyl (C=O) groups excluding carboxylic acids is 2. The van der Waals surface area contributed by atoms with Crippen LogP contribution in [0.25, 0.3) is 0 Å². The zero-order valence-corrected chi connectivity index (χ0v) is 12.6. The van der Waals surface area contributed by atoms with Crippen LogP contribution < -0.4 is 11.1 Å². The molecular formula is C14H22N6O2. The number of fused-ring (bicyclic) bond motifs is 1. The fourth-order valence-electron chi connectivity index (χ4n) is 3.26.